The molecule has 2 aromatic rings. The van der Waals surface area contributed by atoms with E-state index in [0.717, 1.165) is 30.9 Å². The van der Waals surface area contributed by atoms with Crippen LogP contribution in [0.4, 0.5) is 0 Å². The third-order valence-corrected chi connectivity index (χ3v) is 3.68. The van der Waals surface area contributed by atoms with E-state index in [9.17, 15) is 4.79 Å². The third kappa shape index (κ3) is 2.46. The molecule has 3 rings (SSSR count). The summed E-state index contributed by atoms with van der Waals surface area (Å²) in [5.74, 6) is 1.13. The Morgan fingerprint density at radius 1 is 1.40 bits per heavy atom. The van der Waals surface area contributed by atoms with Gasteiger partial charge in [0.15, 0.2) is 5.78 Å². The molecule has 4 heteroatoms. The quantitative estimate of drug-likeness (QED) is 0.802. The van der Waals surface area contributed by atoms with Gasteiger partial charge in [0.05, 0.1) is 12.3 Å². The predicted octanol–water partition coefficient (Wildman–Crippen LogP) is 2.48. The molecular formula is C16H18N2O2. The normalized spacial score (nSPS) is 13.1. The standard InChI is InChI=1S/C16H18N2O2/c1-11-9-14(18(2)17-11)15(19)5-3-12-4-6-16-13(10-12)7-8-20-16/h4,6,9-10H,3,5,7-8H2,1-2H3. The Labute approximate surface area is 118 Å². The molecule has 0 fully saturated rings. The average molecular weight is 270 g/mol. The van der Waals surface area contributed by atoms with Gasteiger partial charge in [0.25, 0.3) is 0 Å². The van der Waals surface area contributed by atoms with Gasteiger partial charge in [-0.3, -0.25) is 9.48 Å². The monoisotopic (exact) mass is 270 g/mol. The van der Waals surface area contributed by atoms with Gasteiger partial charge in [0.2, 0.25) is 0 Å². The van der Waals surface area contributed by atoms with Gasteiger partial charge in [0.1, 0.15) is 11.4 Å². The van der Waals surface area contributed by atoms with Gasteiger partial charge in [-0.1, -0.05) is 12.1 Å². The molecule has 0 spiro atoms. The highest BCUT2D eigenvalue weighted by Crippen LogP contribution is 2.26. The van der Waals surface area contributed by atoms with Crippen LogP contribution in [0.5, 0.6) is 5.75 Å². The van der Waals surface area contributed by atoms with E-state index in [4.69, 9.17) is 4.74 Å². The molecule has 0 aliphatic carbocycles. The zero-order valence-corrected chi connectivity index (χ0v) is 11.8. The number of hydrogen-bond donors (Lipinski definition) is 0. The number of nitrogens with zero attached hydrogens (tertiary/aromatic N) is 2. The molecule has 0 unspecified atom stereocenters. The van der Waals surface area contributed by atoms with E-state index in [1.54, 1.807) is 4.68 Å². The van der Waals surface area contributed by atoms with Crippen molar-refractivity contribution in [1.82, 2.24) is 9.78 Å². The van der Waals surface area contributed by atoms with Crippen LogP contribution in [0.1, 0.15) is 33.7 Å². The molecule has 4 nitrogen and oxygen atoms in total. The summed E-state index contributed by atoms with van der Waals surface area (Å²) >= 11 is 0. The van der Waals surface area contributed by atoms with Crippen molar-refractivity contribution < 1.29 is 9.53 Å². The molecule has 1 aromatic carbocycles. The highest BCUT2D eigenvalue weighted by molar-refractivity contribution is 5.94. The lowest BCUT2D eigenvalue weighted by molar-refractivity contribution is 0.0973. The molecule has 1 aliphatic heterocycles. The third-order valence-electron chi connectivity index (χ3n) is 3.68. The first-order chi connectivity index (χ1) is 9.63. The highest BCUT2D eigenvalue weighted by Gasteiger charge is 2.14. The van der Waals surface area contributed by atoms with E-state index in [0.29, 0.717) is 12.1 Å². The molecule has 104 valence electrons. The summed E-state index contributed by atoms with van der Waals surface area (Å²) in [7, 11) is 1.81. The smallest absolute Gasteiger partial charge is 0.181 e. The summed E-state index contributed by atoms with van der Waals surface area (Å²) in [6.45, 7) is 2.67. The van der Waals surface area contributed by atoms with Gasteiger partial charge >= 0.3 is 0 Å². The fourth-order valence-electron chi connectivity index (χ4n) is 2.65. The van der Waals surface area contributed by atoms with Crippen molar-refractivity contribution in [2.45, 2.75) is 26.2 Å². The lowest BCUT2D eigenvalue weighted by Gasteiger charge is -2.04. The topological polar surface area (TPSA) is 44.1 Å². The first-order valence-electron chi connectivity index (χ1n) is 6.92. The zero-order valence-electron chi connectivity index (χ0n) is 11.8. The molecule has 0 saturated carbocycles. The summed E-state index contributed by atoms with van der Waals surface area (Å²) in [6, 6.07) is 8.06. The van der Waals surface area contributed by atoms with Gasteiger partial charge < -0.3 is 4.74 Å². The molecule has 2 heterocycles. The molecular weight excluding hydrogens is 252 g/mol. The number of benzene rings is 1. The second kappa shape index (κ2) is 5.12. The van der Waals surface area contributed by atoms with Crippen LogP contribution >= 0.6 is 0 Å². The summed E-state index contributed by atoms with van der Waals surface area (Å²) in [5.41, 5.74) is 4.02. The minimum Gasteiger partial charge on any atom is -0.493 e. The van der Waals surface area contributed by atoms with E-state index in [2.05, 4.69) is 11.2 Å². The van der Waals surface area contributed by atoms with E-state index in [1.807, 2.05) is 32.2 Å². The molecule has 0 radical (unpaired) electrons. The number of ether oxygens (including phenoxy) is 1. The summed E-state index contributed by atoms with van der Waals surface area (Å²) in [5, 5.41) is 4.21. The Hall–Kier alpha value is -2.10. The molecule has 0 N–H and O–H groups in total. The number of ketones is 1. The van der Waals surface area contributed by atoms with E-state index < -0.39 is 0 Å². The van der Waals surface area contributed by atoms with Gasteiger partial charge in [-0.25, -0.2) is 0 Å². The fourth-order valence-corrected chi connectivity index (χ4v) is 2.65. The summed E-state index contributed by atoms with van der Waals surface area (Å²) < 4.78 is 7.15. The lowest BCUT2D eigenvalue weighted by Crippen LogP contribution is -2.07. The van der Waals surface area contributed by atoms with Crippen LogP contribution in [0.3, 0.4) is 0 Å². The summed E-state index contributed by atoms with van der Waals surface area (Å²) in [6.07, 6.45) is 2.24. The first kappa shape index (κ1) is 12.9. The van der Waals surface area contributed by atoms with Crippen molar-refractivity contribution in [1.29, 1.82) is 0 Å². The molecule has 0 bridgehead atoms. The number of carbonyl (C=O) groups excluding carboxylic acids is 1. The highest BCUT2D eigenvalue weighted by atomic mass is 16.5. The largest absolute Gasteiger partial charge is 0.493 e. The molecule has 1 aliphatic rings. The zero-order chi connectivity index (χ0) is 14.1. The molecule has 0 saturated heterocycles. The number of aromatic nitrogens is 2. The van der Waals surface area contributed by atoms with Gasteiger partial charge in [-0.15, -0.1) is 0 Å². The van der Waals surface area contributed by atoms with E-state index in [-0.39, 0.29) is 5.78 Å². The van der Waals surface area contributed by atoms with Crippen LogP contribution in [0, 0.1) is 6.92 Å². The van der Waals surface area contributed by atoms with E-state index in [1.165, 1.54) is 11.1 Å². The van der Waals surface area contributed by atoms with Crippen molar-refractivity contribution >= 4 is 5.78 Å². The van der Waals surface area contributed by atoms with Crippen molar-refractivity contribution in [2.75, 3.05) is 6.61 Å². The van der Waals surface area contributed by atoms with Crippen LogP contribution in [0.25, 0.3) is 0 Å². The molecule has 0 atom stereocenters. The Balaban J connectivity index is 1.67. The van der Waals surface area contributed by atoms with Gasteiger partial charge in [-0.05, 0) is 36.6 Å². The SMILES string of the molecule is Cc1cc(C(=O)CCc2ccc3c(c2)CCO3)n(C)n1. The number of hydrogen-bond acceptors (Lipinski definition) is 3. The van der Waals surface area contributed by atoms with E-state index >= 15 is 0 Å². The number of fused-ring (bicyclic) bond motifs is 1. The average Bonchev–Trinajstić information content (AvgIpc) is 3.01. The number of Topliss-reactive ketones (excluding diaryl/α,β-unsaturated/α-hetero) is 1. The Bertz CT molecular complexity index is 658. The Morgan fingerprint density at radius 3 is 3.00 bits per heavy atom. The molecule has 0 amide bonds. The summed E-state index contributed by atoms with van der Waals surface area (Å²) in [4.78, 5) is 12.2. The Kier molecular flexibility index (Phi) is 3.30. The van der Waals surface area contributed by atoms with Crippen LogP contribution in [0.15, 0.2) is 24.3 Å². The predicted molar refractivity (Wildman–Crippen MR) is 76.2 cm³/mol. The Morgan fingerprint density at radius 2 is 2.25 bits per heavy atom. The maximum absolute atomic E-state index is 12.2. The van der Waals surface area contributed by atoms with Crippen LogP contribution in [0.2, 0.25) is 0 Å². The second-order valence-electron chi connectivity index (χ2n) is 5.26. The maximum Gasteiger partial charge on any atom is 0.181 e. The molecule has 1 aromatic heterocycles. The van der Waals surface area contributed by atoms with Crippen molar-refractivity contribution in [3.63, 3.8) is 0 Å². The minimum absolute atomic E-state index is 0.143. The maximum atomic E-state index is 12.2. The number of rotatable bonds is 4. The van der Waals surface area contributed by atoms with Crippen molar-refractivity contribution in [2.24, 2.45) is 7.05 Å². The van der Waals surface area contributed by atoms with Crippen LogP contribution < -0.4 is 4.74 Å². The second-order valence-corrected chi connectivity index (χ2v) is 5.26. The van der Waals surface area contributed by atoms with Crippen molar-refractivity contribution in [3.8, 4) is 5.75 Å². The first-order valence-corrected chi connectivity index (χ1v) is 6.92. The fraction of sp³-hybridized carbons (Fsp3) is 0.375. The van der Waals surface area contributed by atoms with Gasteiger partial charge in [-0.2, -0.15) is 5.10 Å². The molecule has 20 heavy (non-hydrogen) atoms. The lowest BCUT2D eigenvalue weighted by atomic mass is 10.0. The van der Waals surface area contributed by atoms with Gasteiger partial charge in [0, 0.05) is 19.9 Å². The number of aryl methyl sites for hydroxylation is 3. The number of carbonyl (C=O) groups is 1. The van der Waals surface area contributed by atoms with Crippen LogP contribution in [-0.4, -0.2) is 22.2 Å². The van der Waals surface area contributed by atoms with Crippen molar-refractivity contribution in [3.05, 3.63) is 46.8 Å². The van der Waals surface area contributed by atoms with Crippen LogP contribution in [-0.2, 0) is 19.9 Å². The minimum atomic E-state index is 0.143.